The van der Waals surface area contributed by atoms with Crippen LogP contribution in [0.2, 0.25) is 0 Å². The van der Waals surface area contributed by atoms with Crippen LogP contribution in [0.3, 0.4) is 0 Å². The number of fused-ring (bicyclic) bond motifs is 1. The molecular weight excluding hydrogens is 536 g/mol. The lowest BCUT2D eigenvalue weighted by atomic mass is 9.84. The van der Waals surface area contributed by atoms with Crippen molar-refractivity contribution in [1.29, 1.82) is 0 Å². The van der Waals surface area contributed by atoms with Crippen molar-refractivity contribution in [3.05, 3.63) is 46.6 Å². The second kappa shape index (κ2) is 10.2. The Bertz CT molecular complexity index is 1450. The summed E-state index contributed by atoms with van der Waals surface area (Å²) in [5.41, 5.74) is -1.19. The van der Waals surface area contributed by atoms with Gasteiger partial charge in [-0.05, 0) is 31.2 Å². The average Bonchev–Trinajstić information content (AvgIpc) is 2.90. The highest BCUT2D eigenvalue weighted by Gasteiger charge is 2.64. The second-order valence-electron chi connectivity index (χ2n) is 9.85. The first-order valence-electron chi connectivity index (χ1n) is 12.2. The number of ether oxygens (including phenoxy) is 3. The van der Waals surface area contributed by atoms with E-state index in [1.165, 1.54) is 31.2 Å². The predicted molar refractivity (Wildman–Crippen MR) is 133 cm³/mol. The smallest absolute Gasteiger partial charge is 0.269 e. The lowest BCUT2D eigenvalue weighted by molar-refractivity contribution is -0.384. The van der Waals surface area contributed by atoms with Crippen molar-refractivity contribution in [2.45, 2.75) is 61.5 Å². The standard InChI is InChI=1S/C26H28O14/c1-9-17(31)20(34)24(36)26(39-9,25-21(35)18(32)14(30)8-37-25)40-23-19(33)16-13(29)6-12(28)7-15(16)38-22(23)10-2-4-11(27)5-3-10/h2-7,9,14,17-18,20-21,24-25,27-32,34-36H,8H2,1H3. The van der Waals surface area contributed by atoms with E-state index in [0.717, 1.165) is 12.1 Å². The highest BCUT2D eigenvalue weighted by atomic mass is 16.7. The molecule has 14 nitrogen and oxygen atoms in total. The number of aromatic hydroxyl groups is 3. The van der Waals surface area contributed by atoms with Gasteiger partial charge in [0.05, 0.1) is 12.7 Å². The molecule has 0 radical (unpaired) electrons. The van der Waals surface area contributed by atoms with E-state index in [1.54, 1.807) is 0 Å². The third-order valence-electron chi connectivity index (χ3n) is 7.14. The summed E-state index contributed by atoms with van der Waals surface area (Å²) in [6, 6.07) is 7.14. The molecule has 0 spiro atoms. The Balaban J connectivity index is 1.77. The van der Waals surface area contributed by atoms with E-state index >= 15 is 0 Å². The van der Waals surface area contributed by atoms with Gasteiger partial charge in [-0.2, -0.15) is 0 Å². The molecule has 2 saturated heterocycles. The largest absolute Gasteiger partial charge is 0.508 e. The number of hydrogen-bond acceptors (Lipinski definition) is 14. The summed E-state index contributed by atoms with van der Waals surface area (Å²) < 4.78 is 23.2. The van der Waals surface area contributed by atoms with Gasteiger partial charge >= 0.3 is 0 Å². The Morgan fingerprint density at radius 3 is 2.23 bits per heavy atom. The molecule has 0 amide bonds. The fourth-order valence-electron chi connectivity index (χ4n) is 4.99. The Hall–Kier alpha value is -3.47. The Kier molecular flexibility index (Phi) is 7.14. The number of phenolic OH excluding ortho intramolecular Hbond substituents is 3. The lowest BCUT2D eigenvalue weighted by Gasteiger charge is -2.53. The zero-order valence-electron chi connectivity index (χ0n) is 20.9. The van der Waals surface area contributed by atoms with Crippen LogP contribution >= 0.6 is 0 Å². The zero-order chi connectivity index (χ0) is 29.1. The van der Waals surface area contributed by atoms with Gasteiger partial charge in [0.15, 0.2) is 18.0 Å². The van der Waals surface area contributed by atoms with E-state index in [9.17, 15) is 50.8 Å². The molecule has 1 aromatic heterocycles. The molecule has 2 aliphatic rings. The summed E-state index contributed by atoms with van der Waals surface area (Å²) in [5.74, 6) is -5.05. The minimum atomic E-state index is -2.71. The summed E-state index contributed by atoms with van der Waals surface area (Å²) in [6.45, 7) is 0.727. The van der Waals surface area contributed by atoms with Gasteiger partial charge in [0.1, 0.15) is 58.7 Å². The monoisotopic (exact) mass is 564 g/mol. The Morgan fingerprint density at radius 1 is 0.875 bits per heavy atom. The number of phenols is 3. The van der Waals surface area contributed by atoms with Crippen LogP contribution in [0.5, 0.6) is 23.0 Å². The van der Waals surface area contributed by atoms with E-state index in [0.29, 0.717) is 0 Å². The summed E-state index contributed by atoms with van der Waals surface area (Å²) in [6.07, 6.45) is -14.4. The lowest BCUT2D eigenvalue weighted by Crippen LogP contribution is -2.75. The van der Waals surface area contributed by atoms with E-state index < -0.39 is 89.3 Å². The fraction of sp³-hybridized carbons (Fsp3) is 0.423. The zero-order valence-corrected chi connectivity index (χ0v) is 20.9. The van der Waals surface area contributed by atoms with Crippen molar-refractivity contribution < 1.29 is 64.6 Å². The van der Waals surface area contributed by atoms with Crippen molar-refractivity contribution in [2.75, 3.05) is 6.61 Å². The maximum Gasteiger partial charge on any atom is 0.269 e. The Morgan fingerprint density at radius 2 is 1.55 bits per heavy atom. The van der Waals surface area contributed by atoms with Crippen LogP contribution in [0.1, 0.15) is 6.92 Å². The summed E-state index contributed by atoms with van der Waals surface area (Å²) in [7, 11) is 0. The quantitative estimate of drug-likeness (QED) is 0.178. The van der Waals surface area contributed by atoms with Gasteiger partial charge in [0.2, 0.25) is 11.2 Å². The average molecular weight is 564 g/mol. The van der Waals surface area contributed by atoms with Gasteiger partial charge < -0.3 is 64.6 Å². The van der Waals surface area contributed by atoms with E-state index in [2.05, 4.69) is 0 Å². The van der Waals surface area contributed by atoms with Crippen LogP contribution in [0.25, 0.3) is 22.3 Å². The minimum absolute atomic E-state index is 0.129. The van der Waals surface area contributed by atoms with Crippen LogP contribution in [-0.4, -0.2) is 107 Å². The van der Waals surface area contributed by atoms with E-state index in [-0.39, 0.29) is 22.7 Å². The number of aliphatic hydroxyl groups is 6. The van der Waals surface area contributed by atoms with Crippen molar-refractivity contribution in [1.82, 2.24) is 0 Å². The minimum Gasteiger partial charge on any atom is -0.508 e. The van der Waals surface area contributed by atoms with Crippen molar-refractivity contribution in [2.24, 2.45) is 0 Å². The molecular formula is C26H28O14. The third-order valence-corrected chi connectivity index (χ3v) is 7.14. The van der Waals surface area contributed by atoms with Gasteiger partial charge in [-0.3, -0.25) is 4.79 Å². The molecule has 2 aliphatic heterocycles. The van der Waals surface area contributed by atoms with Crippen molar-refractivity contribution in [3.63, 3.8) is 0 Å². The fourth-order valence-corrected chi connectivity index (χ4v) is 4.99. The highest BCUT2D eigenvalue weighted by Crippen LogP contribution is 2.43. The van der Waals surface area contributed by atoms with Crippen LogP contribution in [0.4, 0.5) is 0 Å². The molecule has 3 aromatic rings. The number of rotatable bonds is 4. The number of aliphatic hydroxyl groups excluding tert-OH is 6. The second-order valence-corrected chi connectivity index (χ2v) is 9.85. The Labute approximate surface area is 225 Å². The van der Waals surface area contributed by atoms with Crippen molar-refractivity contribution >= 4 is 11.0 Å². The van der Waals surface area contributed by atoms with Gasteiger partial charge in [-0.1, -0.05) is 0 Å². The molecule has 216 valence electrons. The molecule has 3 heterocycles. The first-order valence-corrected chi connectivity index (χ1v) is 12.2. The topological polar surface area (TPSA) is 240 Å². The molecule has 9 unspecified atom stereocenters. The highest BCUT2D eigenvalue weighted by molar-refractivity contribution is 5.88. The van der Waals surface area contributed by atoms with Gasteiger partial charge in [0, 0.05) is 17.7 Å². The molecule has 5 rings (SSSR count). The molecule has 0 saturated carbocycles. The van der Waals surface area contributed by atoms with Gasteiger partial charge in [0.25, 0.3) is 5.79 Å². The van der Waals surface area contributed by atoms with Gasteiger partial charge in [-0.15, -0.1) is 0 Å². The molecule has 2 aromatic carbocycles. The molecule has 9 N–H and O–H groups in total. The molecule has 2 fully saturated rings. The van der Waals surface area contributed by atoms with Crippen LogP contribution in [0, 0.1) is 0 Å². The maximum absolute atomic E-state index is 13.8. The summed E-state index contributed by atoms with van der Waals surface area (Å²) >= 11 is 0. The molecule has 9 atom stereocenters. The molecule has 40 heavy (non-hydrogen) atoms. The third kappa shape index (κ3) is 4.44. The van der Waals surface area contributed by atoms with Crippen LogP contribution in [0.15, 0.2) is 45.6 Å². The maximum atomic E-state index is 13.8. The molecule has 0 bridgehead atoms. The van der Waals surface area contributed by atoms with Crippen molar-refractivity contribution in [3.8, 4) is 34.3 Å². The van der Waals surface area contributed by atoms with Crippen LogP contribution < -0.4 is 10.2 Å². The molecule has 0 aliphatic carbocycles. The van der Waals surface area contributed by atoms with Crippen LogP contribution in [-0.2, 0) is 9.47 Å². The normalized spacial score (nSPS) is 34.6. The van der Waals surface area contributed by atoms with E-state index in [4.69, 9.17) is 18.6 Å². The van der Waals surface area contributed by atoms with E-state index in [1.807, 2.05) is 0 Å². The number of hydrogen-bond donors (Lipinski definition) is 9. The summed E-state index contributed by atoms with van der Waals surface area (Å²) in [5, 5.41) is 93.2. The predicted octanol–water partition coefficient (Wildman–Crippen LogP) is -1.37. The first-order chi connectivity index (χ1) is 18.9. The van der Waals surface area contributed by atoms with Gasteiger partial charge in [-0.25, -0.2) is 0 Å². The summed E-state index contributed by atoms with van der Waals surface area (Å²) in [4.78, 5) is 13.8. The first kappa shape index (κ1) is 28.1. The SMILES string of the molecule is CC1OC(Oc2c(-c3ccc(O)cc3)oc3cc(O)cc(O)c3c2=O)(C2OCC(O)C(O)C2O)C(O)C(O)C1O. The molecule has 14 heteroatoms. The number of benzene rings is 2.